The Balaban J connectivity index is 2.52. The SMILES string of the molecule is [CH2]CCc1cc(O)c(O)c2c1CCC2. The molecule has 2 N–H and O–H groups in total. The lowest BCUT2D eigenvalue weighted by Crippen LogP contribution is -1.93. The van der Waals surface area contributed by atoms with Crippen molar-refractivity contribution in [1.29, 1.82) is 0 Å². The Hall–Kier alpha value is -1.18. The van der Waals surface area contributed by atoms with Gasteiger partial charge in [0.15, 0.2) is 11.5 Å². The number of hydrogen-bond donors (Lipinski definition) is 2. The van der Waals surface area contributed by atoms with E-state index in [1.807, 2.05) is 0 Å². The second kappa shape index (κ2) is 3.52. The standard InChI is InChI=1S/C12H15O2/c1-2-4-8-7-11(13)12(14)10-6-3-5-9(8)10/h7,13-14H,1-6H2. The smallest absolute Gasteiger partial charge is 0.160 e. The summed E-state index contributed by atoms with van der Waals surface area (Å²) < 4.78 is 0. The number of aryl methyl sites for hydroxylation is 1. The van der Waals surface area contributed by atoms with E-state index in [4.69, 9.17) is 0 Å². The molecule has 0 atom stereocenters. The summed E-state index contributed by atoms with van der Waals surface area (Å²) in [6.07, 6.45) is 4.71. The summed E-state index contributed by atoms with van der Waals surface area (Å²) in [5.74, 6) is 0.111. The van der Waals surface area contributed by atoms with Crippen LogP contribution in [0.4, 0.5) is 0 Å². The summed E-state index contributed by atoms with van der Waals surface area (Å²) in [5, 5.41) is 19.2. The first-order valence-electron chi connectivity index (χ1n) is 5.09. The number of aromatic hydroxyl groups is 2. The monoisotopic (exact) mass is 191 g/mol. The first-order valence-corrected chi connectivity index (χ1v) is 5.09. The van der Waals surface area contributed by atoms with E-state index in [1.165, 1.54) is 5.56 Å². The number of hydrogen-bond acceptors (Lipinski definition) is 2. The van der Waals surface area contributed by atoms with E-state index < -0.39 is 0 Å². The Morgan fingerprint density at radius 2 is 1.93 bits per heavy atom. The Kier molecular flexibility index (Phi) is 2.36. The summed E-state index contributed by atoms with van der Waals surface area (Å²) in [5.41, 5.74) is 3.35. The molecular weight excluding hydrogens is 176 g/mol. The average molecular weight is 191 g/mol. The zero-order chi connectivity index (χ0) is 10.1. The van der Waals surface area contributed by atoms with Crippen molar-refractivity contribution >= 4 is 0 Å². The van der Waals surface area contributed by atoms with Gasteiger partial charge >= 0.3 is 0 Å². The molecule has 1 aliphatic carbocycles. The third-order valence-corrected chi connectivity index (χ3v) is 2.89. The van der Waals surface area contributed by atoms with Crippen molar-refractivity contribution in [3.05, 3.63) is 29.7 Å². The fourth-order valence-corrected chi connectivity index (χ4v) is 2.25. The summed E-state index contributed by atoms with van der Waals surface area (Å²) in [6.45, 7) is 3.81. The Bertz CT molecular complexity index is 356. The van der Waals surface area contributed by atoms with Crippen LogP contribution in [-0.4, -0.2) is 10.2 Å². The van der Waals surface area contributed by atoms with Gasteiger partial charge in [0.2, 0.25) is 0 Å². The maximum absolute atomic E-state index is 9.65. The Morgan fingerprint density at radius 3 is 2.64 bits per heavy atom. The zero-order valence-corrected chi connectivity index (χ0v) is 8.21. The van der Waals surface area contributed by atoms with E-state index in [9.17, 15) is 10.2 Å². The van der Waals surface area contributed by atoms with E-state index in [0.717, 1.165) is 43.2 Å². The lowest BCUT2D eigenvalue weighted by Gasteiger charge is -2.10. The van der Waals surface area contributed by atoms with Gasteiger partial charge < -0.3 is 10.2 Å². The number of benzene rings is 1. The molecule has 2 heteroatoms. The largest absolute Gasteiger partial charge is 0.504 e. The third kappa shape index (κ3) is 1.35. The molecule has 75 valence electrons. The van der Waals surface area contributed by atoms with Crippen LogP contribution in [0.2, 0.25) is 0 Å². The highest BCUT2D eigenvalue weighted by atomic mass is 16.3. The highest BCUT2D eigenvalue weighted by molar-refractivity contribution is 5.54. The summed E-state index contributed by atoms with van der Waals surface area (Å²) in [4.78, 5) is 0. The molecule has 0 unspecified atom stereocenters. The van der Waals surface area contributed by atoms with Gasteiger partial charge in [-0.1, -0.05) is 6.92 Å². The second-order valence-electron chi connectivity index (χ2n) is 3.82. The topological polar surface area (TPSA) is 40.5 Å². The summed E-state index contributed by atoms with van der Waals surface area (Å²) >= 11 is 0. The molecule has 0 bridgehead atoms. The maximum Gasteiger partial charge on any atom is 0.160 e. The lowest BCUT2D eigenvalue weighted by atomic mass is 9.98. The van der Waals surface area contributed by atoms with E-state index >= 15 is 0 Å². The minimum absolute atomic E-state index is 0.0223. The van der Waals surface area contributed by atoms with Gasteiger partial charge in [0.25, 0.3) is 0 Å². The van der Waals surface area contributed by atoms with Crippen LogP contribution in [0, 0.1) is 6.92 Å². The molecule has 0 saturated carbocycles. The van der Waals surface area contributed by atoms with Crippen LogP contribution < -0.4 is 0 Å². The lowest BCUT2D eigenvalue weighted by molar-refractivity contribution is 0.399. The molecule has 1 aromatic carbocycles. The molecule has 0 saturated heterocycles. The van der Waals surface area contributed by atoms with E-state index in [0.29, 0.717) is 0 Å². The number of phenols is 2. The van der Waals surface area contributed by atoms with Gasteiger partial charge in [0.1, 0.15) is 0 Å². The van der Waals surface area contributed by atoms with E-state index in [1.54, 1.807) is 6.07 Å². The van der Waals surface area contributed by atoms with Crippen molar-refractivity contribution in [1.82, 2.24) is 0 Å². The van der Waals surface area contributed by atoms with Crippen molar-refractivity contribution < 1.29 is 10.2 Å². The quantitative estimate of drug-likeness (QED) is 0.704. The molecule has 1 radical (unpaired) electrons. The molecule has 0 spiro atoms. The fraction of sp³-hybridized carbons (Fsp3) is 0.417. The molecule has 0 aromatic heterocycles. The molecule has 0 aliphatic heterocycles. The van der Waals surface area contributed by atoms with Gasteiger partial charge in [-0.3, -0.25) is 0 Å². The highest BCUT2D eigenvalue weighted by Crippen LogP contribution is 2.39. The van der Waals surface area contributed by atoms with E-state index in [-0.39, 0.29) is 11.5 Å². The normalized spacial score (nSPS) is 14.4. The molecular formula is C12H15O2. The van der Waals surface area contributed by atoms with Gasteiger partial charge in [-0.25, -0.2) is 0 Å². The van der Waals surface area contributed by atoms with Crippen molar-refractivity contribution in [3.63, 3.8) is 0 Å². The molecule has 14 heavy (non-hydrogen) atoms. The molecule has 2 nitrogen and oxygen atoms in total. The van der Waals surface area contributed by atoms with Crippen LogP contribution in [0.3, 0.4) is 0 Å². The van der Waals surface area contributed by atoms with Crippen molar-refractivity contribution in [2.45, 2.75) is 32.1 Å². The minimum atomic E-state index is 0.0223. The summed E-state index contributed by atoms with van der Waals surface area (Å²) in [6, 6.07) is 1.69. The molecule has 0 fully saturated rings. The van der Waals surface area contributed by atoms with Crippen LogP contribution in [-0.2, 0) is 19.3 Å². The minimum Gasteiger partial charge on any atom is -0.504 e. The predicted octanol–water partition coefficient (Wildman–Crippen LogP) is 2.35. The number of fused-ring (bicyclic) bond motifs is 1. The Morgan fingerprint density at radius 1 is 1.21 bits per heavy atom. The van der Waals surface area contributed by atoms with Gasteiger partial charge in [0, 0.05) is 5.56 Å². The van der Waals surface area contributed by atoms with Crippen LogP contribution in [0.1, 0.15) is 29.5 Å². The van der Waals surface area contributed by atoms with Gasteiger partial charge in [-0.05, 0) is 49.3 Å². The van der Waals surface area contributed by atoms with Gasteiger partial charge in [-0.2, -0.15) is 0 Å². The number of rotatable bonds is 2. The molecule has 0 amide bonds. The van der Waals surface area contributed by atoms with Crippen LogP contribution in [0.15, 0.2) is 6.07 Å². The van der Waals surface area contributed by atoms with Crippen molar-refractivity contribution in [2.24, 2.45) is 0 Å². The molecule has 2 rings (SSSR count). The van der Waals surface area contributed by atoms with E-state index in [2.05, 4.69) is 6.92 Å². The third-order valence-electron chi connectivity index (χ3n) is 2.89. The molecule has 1 aromatic rings. The zero-order valence-electron chi connectivity index (χ0n) is 8.21. The first-order chi connectivity index (χ1) is 6.74. The van der Waals surface area contributed by atoms with Gasteiger partial charge in [-0.15, -0.1) is 0 Å². The maximum atomic E-state index is 9.65. The van der Waals surface area contributed by atoms with Crippen molar-refractivity contribution in [3.8, 4) is 11.5 Å². The van der Waals surface area contributed by atoms with Crippen molar-refractivity contribution in [2.75, 3.05) is 0 Å². The van der Waals surface area contributed by atoms with Crippen LogP contribution >= 0.6 is 0 Å². The molecule has 1 aliphatic rings. The second-order valence-corrected chi connectivity index (χ2v) is 3.82. The first kappa shape index (κ1) is 9.38. The van der Waals surface area contributed by atoms with Crippen LogP contribution in [0.25, 0.3) is 0 Å². The summed E-state index contributed by atoms with van der Waals surface area (Å²) in [7, 11) is 0. The predicted molar refractivity (Wildman–Crippen MR) is 55.5 cm³/mol. The Labute approximate surface area is 84.2 Å². The van der Waals surface area contributed by atoms with Crippen LogP contribution in [0.5, 0.6) is 11.5 Å². The fourth-order valence-electron chi connectivity index (χ4n) is 2.25. The number of phenolic OH excluding ortho intramolecular Hbond substituents is 2. The van der Waals surface area contributed by atoms with Gasteiger partial charge in [0.05, 0.1) is 0 Å². The highest BCUT2D eigenvalue weighted by Gasteiger charge is 2.20. The average Bonchev–Trinajstić information content (AvgIpc) is 2.63. The molecule has 0 heterocycles.